The van der Waals surface area contributed by atoms with E-state index in [0.717, 1.165) is 13.2 Å². The Labute approximate surface area is 73.9 Å². The molecule has 3 atom stereocenters. The van der Waals surface area contributed by atoms with Crippen molar-refractivity contribution in [1.82, 2.24) is 10.6 Å². The fourth-order valence-electron chi connectivity index (χ4n) is 2.23. The second-order valence-electron chi connectivity index (χ2n) is 4.11. The Balaban J connectivity index is 2.00. The van der Waals surface area contributed by atoms with Crippen LogP contribution in [0.25, 0.3) is 0 Å². The van der Waals surface area contributed by atoms with E-state index >= 15 is 0 Å². The normalized spacial score (nSPS) is 48.5. The van der Waals surface area contributed by atoms with Gasteiger partial charge in [0, 0.05) is 12.1 Å². The molecule has 0 radical (unpaired) electrons. The first-order chi connectivity index (χ1) is 5.71. The highest BCUT2D eigenvalue weighted by atomic mass is 16.5. The van der Waals surface area contributed by atoms with E-state index in [1.807, 2.05) is 0 Å². The summed E-state index contributed by atoms with van der Waals surface area (Å²) in [5.74, 6) is 0. The molecule has 2 aliphatic rings. The highest BCUT2D eigenvalue weighted by molar-refractivity contribution is 4.95. The fraction of sp³-hybridized carbons (Fsp3) is 1.00. The lowest BCUT2D eigenvalue weighted by molar-refractivity contribution is -0.0203. The standard InChI is InChI=1S/C9H18N2O/c1-7-6-12-9(2,11-7)8-4-3-5-10-8/h7-8,10-11H,3-6H2,1-2H3. The van der Waals surface area contributed by atoms with E-state index in [9.17, 15) is 0 Å². The van der Waals surface area contributed by atoms with Crippen LogP contribution in [0.3, 0.4) is 0 Å². The van der Waals surface area contributed by atoms with Crippen LogP contribution in [0.1, 0.15) is 26.7 Å². The lowest BCUT2D eigenvalue weighted by atomic mass is 10.0. The number of rotatable bonds is 1. The molecule has 2 fully saturated rings. The highest BCUT2D eigenvalue weighted by Gasteiger charge is 2.41. The first kappa shape index (κ1) is 8.48. The van der Waals surface area contributed by atoms with Gasteiger partial charge >= 0.3 is 0 Å². The number of nitrogens with one attached hydrogen (secondary N) is 2. The van der Waals surface area contributed by atoms with Crippen LogP contribution in [0, 0.1) is 0 Å². The van der Waals surface area contributed by atoms with Gasteiger partial charge in [0.05, 0.1) is 6.61 Å². The first-order valence-corrected chi connectivity index (χ1v) is 4.86. The molecular weight excluding hydrogens is 152 g/mol. The smallest absolute Gasteiger partial charge is 0.132 e. The monoisotopic (exact) mass is 170 g/mol. The second-order valence-corrected chi connectivity index (χ2v) is 4.11. The molecule has 12 heavy (non-hydrogen) atoms. The Morgan fingerprint density at radius 2 is 2.33 bits per heavy atom. The number of ether oxygens (including phenoxy) is 1. The molecule has 0 saturated carbocycles. The molecule has 0 aliphatic carbocycles. The van der Waals surface area contributed by atoms with Gasteiger partial charge in [-0.2, -0.15) is 0 Å². The maximum absolute atomic E-state index is 5.76. The van der Waals surface area contributed by atoms with Crippen LogP contribution in [0.5, 0.6) is 0 Å². The molecular formula is C9H18N2O. The number of hydrogen-bond donors (Lipinski definition) is 2. The molecule has 2 rings (SSSR count). The molecule has 2 N–H and O–H groups in total. The third-order valence-electron chi connectivity index (χ3n) is 2.89. The average Bonchev–Trinajstić information content (AvgIpc) is 2.59. The third-order valence-corrected chi connectivity index (χ3v) is 2.89. The van der Waals surface area contributed by atoms with Crippen molar-refractivity contribution in [1.29, 1.82) is 0 Å². The Kier molecular flexibility index (Phi) is 2.10. The van der Waals surface area contributed by atoms with E-state index in [4.69, 9.17) is 4.74 Å². The SMILES string of the molecule is CC1COC(C)(C2CCCN2)N1. The van der Waals surface area contributed by atoms with Gasteiger partial charge in [-0.1, -0.05) is 0 Å². The highest BCUT2D eigenvalue weighted by Crippen LogP contribution is 2.24. The summed E-state index contributed by atoms with van der Waals surface area (Å²) >= 11 is 0. The Bertz CT molecular complexity index is 168. The summed E-state index contributed by atoms with van der Waals surface area (Å²) in [6, 6.07) is 1.000. The molecule has 3 heteroatoms. The average molecular weight is 170 g/mol. The molecule has 2 heterocycles. The summed E-state index contributed by atoms with van der Waals surface area (Å²) in [6.07, 6.45) is 2.51. The van der Waals surface area contributed by atoms with E-state index in [2.05, 4.69) is 24.5 Å². The molecule has 0 aromatic carbocycles. The van der Waals surface area contributed by atoms with Gasteiger partial charge in [-0.05, 0) is 33.2 Å². The van der Waals surface area contributed by atoms with Crippen LogP contribution in [0.15, 0.2) is 0 Å². The summed E-state index contributed by atoms with van der Waals surface area (Å²) in [7, 11) is 0. The zero-order valence-electron chi connectivity index (χ0n) is 7.89. The van der Waals surface area contributed by atoms with E-state index in [1.165, 1.54) is 12.8 Å². The van der Waals surface area contributed by atoms with Crippen molar-refractivity contribution in [2.75, 3.05) is 13.2 Å². The molecule has 0 amide bonds. The van der Waals surface area contributed by atoms with Gasteiger partial charge in [0.15, 0.2) is 0 Å². The molecule has 0 bridgehead atoms. The zero-order chi connectivity index (χ0) is 8.60. The van der Waals surface area contributed by atoms with Gasteiger partial charge in [-0.25, -0.2) is 0 Å². The molecule has 2 aliphatic heterocycles. The van der Waals surface area contributed by atoms with Gasteiger partial charge in [-0.3, -0.25) is 5.32 Å². The summed E-state index contributed by atoms with van der Waals surface area (Å²) in [4.78, 5) is 0. The van der Waals surface area contributed by atoms with Crippen molar-refractivity contribution in [2.45, 2.75) is 44.5 Å². The maximum atomic E-state index is 5.76. The molecule has 3 unspecified atom stereocenters. The predicted molar refractivity (Wildman–Crippen MR) is 48.0 cm³/mol. The number of hydrogen-bond acceptors (Lipinski definition) is 3. The minimum atomic E-state index is -0.115. The fourth-order valence-corrected chi connectivity index (χ4v) is 2.23. The largest absolute Gasteiger partial charge is 0.358 e. The summed E-state index contributed by atoms with van der Waals surface area (Å²) in [5, 5.41) is 6.96. The third kappa shape index (κ3) is 1.37. The van der Waals surface area contributed by atoms with Crippen LogP contribution in [0.4, 0.5) is 0 Å². The van der Waals surface area contributed by atoms with Crippen LogP contribution in [-0.4, -0.2) is 31.0 Å². The van der Waals surface area contributed by atoms with Crippen molar-refractivity contribution in [3.05, 3.63) is 0 Å². The van der Waals surface area contributed by atoms with Crippen LogP contribution in [-0.2, 0) is 4.74 Å². The summed E-state index contributed by atoms with van der Waals surface area (Å²) in [6.45, 7) is 6.30. The molecule has 2 saturated heterocycles. The van der Waals surface area contributed by atoms with Crippen LogP contribution >= 0.6 is 0 Å². The van der Waals surface area contributed by atoms with E-state index in [-0.39, 0.29) is 5.72 Å². The van der Waals surface area contributed by atoms with E-state index in [1.54, 1.807) is 0 Å². The minimum absolute atomic E-state index is 0.115. The van der Waals surface area contributed by atoms with Crippen molar-refractivity contribution in [2.24, 2.45) is 0 Å². The maximum Gasteiger partial charge on any atom is 0.132 e. The topological polar surface area (TPSA) is 33.3 Å². The molecule has 0 aromatic rings. The quantitative estimate of drug-likeness (QED) is 0.600. The summed E-state index contributed by atoms with van der Waals surface area (Å²) in [5.41, 5.74) is -0.115. The van der Waals surface area contributed by atoms with Gasteiger partial charge in [-0.15, -0.1) is 0 Å². The second kappa shape index (κ2) is 2.98. The molecule has 3 nitrogen and oxygen atoms in total. The van der Waals surface area contributed by atoms with Crippen molar-refractivity contribution >= 4 is 0 Å². The molecule has 0 spiro atoms. The molecule has 70 valence electrons. The van der Waals surface area contributed by atoms with Crippen LogP contribution < -0.4 is 10.6 Å². The Morgan fingerprint density at radius 3 is 2.83 bits per heavy atom. The Hall–Kier alpha value is -0.120. The molecule has 0 aromatic heterocycles. The van der Waals surface area contributed by atoms with E-state index in [0.29, 0.717) is 12.1 Å². The van der Waals surface area contributed by atoms with Gasteiger partial charge < -0.3 is 10.1 Å². The zero-order valence-corrected chi connectivity index (χ0v) is 7.89. The summed E-state index contributed by atoms with van der Waals surface area (Å²) < 4.78 is 5.76. The first-order valence-electron chi connectivity index (χ1n) is 4.86. The van der Waals surface area contributed by atoms with Crippen molar-refractivity contribution in [3.8, 4) is 0 Å². The van der Waals surface area contributed by atoms with Gasteiger partial charge in [0.1, 0.15) is 5.72 Å². The van der Waals surface area contributed by atoms with E-state index < -0.39 is 0 Å². The van der Waals surface area contributed by atoms with Crippen molar-refractivity contribution < 1.29 is 4.74 Å². The lowest BCUT2D eigenvalue weighted by Crippen LogP contribution is -2.54. The minimum Gasteiger partial charge on any atom is -0.358 e. The van der Waals surface area contributed by atoms with Gasteiger partial charge in [0.25, 0.3) is 0 Å². The van der Waals surface area contributed by atoms with Gasteiger partial charge in [0.2, 0.25) is 0 Å². The Morgan fingerprint density at radius 1 is 1.50 bits per heavy atom. The predicted octanol–water partition coefficient (Wildman–Crippen LogP) is 0.463. The van der Waals surface area contributed by atoms with Crippen LogP contribution in [0.2, 0.25) is 0 Å². The van der Waals surface area contributed by atoms with Crippen molar-refractivity contribution in [3.63, 3.8) is 0 Å². The lowest BCUT2D eigenvalue weighted by Gasteiger charge is -2.31.